The zero-order valence-corrected chi connectivity index (χ0v) is 9.84. The molecular weight excluding hydrogens is 240 g/mol. The van der Waals surface area contributed by atoms with E-state index in [0.29, 0.717) is 5.75 Å². The van der Waals surface area contributed by atoms with Crippen molar-refractivity contribution in [3.8, 4) is 0 Å². The molecule has 7 heteroatoms. The van der Waals surface area contributed by atoms with Crippen LogP contribution < -0.4 is 5.11 Å². The molecule has 1 aromatic rings. The van der Waals surface area contributed by atoms with Gasteiger partial charge in [0.1, 0.15) is 0 Å². The SMILES string of the molecule is [N-]=[N+]=NCCC(SCc1ccccn1)C(=O)[O-]. The second-order valence-corrected chi connectivity index (χ2v) is 4.37. The Hall–Kier alpha value is -1.72. The van der Waals surface area contributed by atoms with Crippen LogP contribution in [0.3, 0.4) is 0 Å². The molecule has 0 N–H and O–H groups in total. The van der Waals surface area contributed by atoms with Gasteiger partial charge in [0.25, 0.3) is 0 Å². The number of pyridine rings is 1. The maximum Gasteiger partial charge on any atom is 0.0544 e. The number of hydrogen-bond acceptors (Lipinski definition) is 5. The number of carbonyl (C=O) groups is 1. The van der Waals surface area contributed by atoms with E-state index < -0.39 is 11.2 Å². The van der Waals surface area contributed by atoms with Gasteiger partial charge in [-0.1, -0.05) is 11.2 Å². The van der Waals surface area contributed by atoms with Gasteiger partial charge in [0.2, 0.25) is 0 Å². The van der Waals surface area contributed by atoms with E-state index in [1.807, 2.05) is 12.1 Å². The summed E-state index contributed by atoms with van der Waals surface area (Å²) in [5, 5.41) is 13.5. The summed E-state index contributed by atoms with van der Waals surface area (Å²) in [5.74, 6) is -0.644. The lowest BCUT2D eigenvalue weighted by Crippen LogP contribution is -2.34. The molecule has 1 rings (SSSR count). The molecule has 1 aromatic heterocycles. The zero-order valence-electron chi connectivity index (χ0n) is 9.02. The van der Waals surface area contributed by atoms with Gasteiger partial charge < -0.3 is 9.90 Å². The number of aliphatic carboxylic acids is 1. The summed E-state index contributed by atoms with van der Waals surface area (Å²) >= 11 is 1.23. The molecule has 0 saturated heterocycles. The standard InChI is InChI=1S/C10H12N4O2S/c11-14-13-6-4-9(10(15)16)17-7-8-3-1-2-5-12-8/h1-3,5,9H,4,6-7H2,(H,15,16)/p-1. The molecule has 0 amide bonds. The molecule has 6 nitrogen and oxygen atoms in total. The first-order valence-corrected chi connectivity index (χ1v) is 6.02. The van der Waals surface area contributed by atoms with Gasteiger partial charge in [-0.25, -0.2) is 0 Å². The summed E-state index contributed by atoms with van der Waals surface area (Å²) in [5.41, 5.74) is 8.92. The number of rotatable bonds is 7. The predicted octanol–water partition coefficient (Wildman–Crippen LogP) is 1.13. The maximum absolute atomic E-state index is 10.8. The van der Waals surface area contributed by atoms with Gasteiger partial charge in [-0.3, -0.25) is 4.98 Å². The molecule has 0 aliphatic rings. The highest BCUT2D eigenvalue weighted by atomic mass is 32.2. The molecule has 0 radical (unpaired) electrons. The first-order valence-electron chi connectivity index (χ1n) is 4.97. The topological polar surface area (TPSA) is 102 Å². The second kappa shape index (κ2) is 7.54. The molecule has 0 spiro atoms. The van der Waals surface area contributed by atoms with E-state index in [1.165, 1.54) is 11.8 Å². The summed E-state index contributed by atoms with van der Waals surface area (Å²) in [4.78, 5) is 17.5. The third-order valence-electron chi connectivity index (χ3n) is 1.98. The van der Waals surface area contributed by atoms with E-state index in [4.69, 9.17) is 5.53 Å². The van der Waals surface area contributed by atoms with Crippen molar-refractivity contribution in [2.75, 3.05) is 6.54 Å². The van der Waals surface area contributed by atoms with Crippen LogP contribution in [0.15, 0.2) is 29.5 Å². The van der Waals surface area contributed by atoms with Gasteiger partial charge in [-0.15, -0.1) is 11.8 Å². The number of azide groups is 1. The van der Waals surface area contributed by atoms with Crippen molar-refractivity contribution in [1.29, 1.82) is 0 Å². The number of carboxylic acid groups (broad SMARTS) is 1. The predicted molar refractivity (Wildman–Crippen MR) is 63.0 cm³/mol. The Labute approximate surface area is 103 Å². The minimum absolute atomic E-state index is 0.157. The number of aromatic nitrogens is 1. The molecule has 17 heavy (non-hydrogen) atoms. The Morgan fingerprint density at radius 1 is 1.65 bits per heavy atom. The van der Waals surface area contributed by atoms with Crippen LogP contribution in [0.4, 0.5) is 0 Å². The third kappa shape index (κ3) is 5.24. The molecule has 1 unspecified atom stereocenters. The number of carbonyl (C=O) groups excluding carboxylic acids is 1. The number of hydrogen-bond donors (Lipinski definition) is 0. The van der Waals surface area contributed by atoms with Gasteiger partial charge in [-0.05, 0) is 24.1 Å². The number of nitrogens with zero attached hydrogens (tertiary/aromatic N) is 4. The quantitative estimate of drug-likeness (QED) is 0.411. The Kier molecular flexibility index (Phi) is 5.92. The Bertz CT molecular complexity index is 406. The molecule has 90 valence electrons. The number of carboxylic acids is 1. The molecule has 0 saturated carbocycles. The maximum atomic E-state index is 10.8. The highest BCUT2D eigenvalue weighted by molar-refractivity contribution is 7.99. The summed E-state index contributed by atoms with van der Waals surface area (Å²) < 4.78 is 0. The monoisotopic (exact) mass is 251 g/mol. The van der Waals surface area contributed by atoms with Crippen molar-refractivity contribution in [2.24, 2.45) is 5.11 Å². The highest BCUT2D eigenvalue weighted by Crippen LogP contribution is 2.19. The van der Waals surface area contributed by atoms with Crippen LogP contribution in [-0.4, -0.2) is 22.7 Å². The number of thioether (sulfide) groups is 1. The van der Waals surface area contributed by atoms with E-state index >= 15 is 0 Å². The van der Waals surface area contributed by atoms with Crippen LogP contribution in [0, 0.1) is 0 Å². The van der Waals surface area contributed by atoms with E-state index in [-0.39, 0.29) is 13.0 Å². The molecule has 1 atom stereocenters. The largest absolute Gasteiger partial charge is 0.549 e. The normalized spacial score (nSPS) is 11.5. The van der Waals surface area contributed by atoms with Crippen molar-refractivity contribution in [3.05, 3.63) is 40.5 Å². The summed E-state index contributed by atoms with van der Waals surface area (Å²) in [6.45, 7) is 0.157. The average molecular weight is 251 g/mol. The smallest absolute Gasteiger partial charge is 0.0544 e. The lowest BCUT2D eigenvalue weighted by molar-refractivity contribution is -0.304. The van der Waals surface area contributed by atoms with Crippen molar-refractivity contribution in [2.45, 2.75) is 17.4 Å². The first kappa shape index (κ1) is 13.3. The van der Waals surface area contributed by atoms with E-state index in [2.05, 4.69) is 15.0 Å². The van der Waals surface area contributed by atoms with Crippen LogP contribution in [0.1, 0.15) is 12.1 Å². The Balaban J connectivity index is 2.44. The van der Waals surface area contributed by atoms with Crippen molar-refractivity contribution in [3.63, 3.8) is 0 Å². The van der Waals surface area contributed by atoms with Gasteiger partial charge in [0.05, 0.1) is 11.7 Å². The van der Waals surface area contributed by atoms with Gasteiger partial charge in [0.15, 0.2) is 0 Å². The van der Waals surface area contributed by atoms with Crippen molar-refractivity contribution < 1.29 is 9.90 Å². The Morgan fingerprint density at radius 2 is 2.47 bits per heavy atom. The van der Waals surface area contributed by atoms with Gasteiger partial charge >= 0.3 is 0 Å². The molecule has 0 bridgehead atoms. The van der Waals surface area contributed by atoms with Crippen molar-refractivity contribution in [1.82, 2.24) is 4.98 Å². The van der Waals surface area contributed by atoms with Crippen LogP contribution in [0.25, 0.3) is 10.4 Å². The fourth-order valence-corrected chi connectivity index (χ4v) is 2.11. The zero-order chi connectivity index (χ0) is 12.5. The average Bonchev–Trinajstić information content (AvgIpc) is 2.34. The highest BCUT2D eigenvalue weighted by Gasteiger charge is 2.10. The summed E-state index contributed by atoms with van der Waals surface area (Å²) in [6.07, 6.45) is 1.92. The molecule has 1 heterocycles. The Morgan fingerprint density at radius 3 is 3.06 bits per heavy atom. The minimum atomic E-state index is -1.14. The van der Waals surface area contributed by atoms with Crippen LogP contribution >= 0.6 is 11.8 Å². The van der Waals surface area contributed by atoms with E-state index in [9.17, 15) is 9.90 Å². The molecule has 0 aliphatic heterocycles. The van der Waals surface area contributed by atoms with Crippen LogP contribution in [0.5, 0.6) is 0 Å². The molecular formula is C10H11N4O2S-. The fraction of sp³-hybridized carbons (Fsp3) is 0.400. The van der Waals surface area contributed by atoms with E-state index in [0.717, 1.165) is 5.69 Å². The lowest BCUT2D eigenvalue weighted by Gasteiger charge is -2.16. The van der Waals surface area contributed by atoms with Crippen LogP contribution in [-0.2, 0) is 10.5 Å². The second-order valence-electron chi connectivity index (χ2n) is 3.18. The van der Waals surface area contributed by atoms with Crippen LogP contribution in [0.2, 0.25) is 0 Å². The third-order valence-corrected chi connectivity index (χ3v) is 3.27. The summed E-state index contributed by atoms with van der Waals surface area (Å²) in [7, 11) is 0. The minimum Gasteiger partial charge on any atom is -0.549 e. The lowest BCUT2D eigenvalue weighted by atomic mass is 10.3. The molecule has 0 aliphatic carbocycles. The fourth-order valence-electron chi connectivity index (χ4n) is 1.16. The van der Waals surface area contributed by atoms with Gasteiger partial charge in [0, 0.05) is 28.7 Å². The summed E-state index contributed by atoms with van der Waals surface area (Å²) in [6, 6.07) is 5.47. The van der Waals surface area contributed by atoms with Gasteiger partial charge in [-0.2, -0.15) is 0 Å². The first-order chi connectivity index (χ1) is 8.24. The van der Waals surface area contributed by atoms with E-state index in [1.54, 1.807) is 12.3 Å². The van der Waals surface area contributed by atoms with Crippen molar-refractivity contribution >= 4 is 17.7 Å². The molecule has 0 aromatic carbocycles. The molecule has 0 fully saturated rings.